The van der Waals surface area contributed by atoms with E-state index in [0.29, 0.717) is 11.0 Å². The number of rotatable bonds is 4. The van der Waals surface area contributed by atoms with Crippen molar-refractivity contribution in [2.45, 2.75) is 65.3 Å². The van der Waals surface area contributed by atoms with Crippen LogP contribution in [0, 0.1) is 5.82 Å². The highest BCUT2D eigenvalue weighted by molar-refractivity contribution is 6.55. The summed E-state index contributed by atoms with van der Waals surface area (Å²) in [5.74, 6) is -0.620. The fourth-order valence-corrected chi connectivity index (χ4v) is 2.53. The van der Waals surface area contributed by atoms with Crippen LogP contribution >= 0.6 is 0 Å². The lowest BCUT2D eigenvalue weighted by molar-refractivity contribution is 0.00578. The van der Waals surface area contributed by atoms with Crippen molar-refractivity contribution in [3.63, 3.8) is 0 Å². The maximum Gasteiger partial charge on any atom is 0.492 e. The Morgan fingerprint density at radius 1 is 1.25 bits per heavy atom. The van der Waals surface area contributed by atoms with Gasteiger partial charge in [-0.05, 0) is 71.6 Å². The maximum absolute atomic E-state index is 14.4. The number of halogens is 1. The number of amides is 1. The predicted octanol–water partition coefficient (Wildman–Crippen LogP) is 4.18. The number of nitrogens with one attached hydrogen (secondary N) is 1. The van der Waals surface area contributed by atoms with E-state index in [1.165, 1.54) is 12.1 Å². The van der Waals surface area contributed by atoms with Crippen LogP contribution in [0.1, 0.15) is 54.0 Å². The smallest absolute Gasteiger partial charge is 0.444 e. The molecule has 2 N–H and O–H groups in total. The molecule has 1 saturated heterocycles. The Bertz CT molecular complexity index is 754. The van der Waals surface area contributed by atoms with E-state index in [1.54, 1.807) is 32.9 Å². The minimum atomic E-state index is -0.733. The highest BCUT2D eigenvalue weighted by Crippen LogP contribution is 2.38. The van der Waals surface area contributed by atoms with E-state index in [2.05, 4.69) is 5.32 Å². The molecule has 0 unspecified atom stereocenters. The highest BCUT2D eigenvalue weighted by Gasteiger charge is 2.52. The van der Waals surface area contributed by atoms with Crippen LogP contribution in [-0.4, -0.2) is 41.7 Å². The first-order valence-electron chi connectivity index (χ1n) is 9.20. The molecule has 0 bridgehead atoms. The van der Waals surface area contributed by atoms with Gasteiger partial charge in [-0.3, -0.25) is 5.32 Å². The molecule has 1 aliphatic heterocycles. The van der Waals surface area contributed by atoms with Crippen LogP contribution in [0.25, 0.3) is 6.08 Å². The quantitative estimate of drug-likeness (QED) is 0.751. The van der Waals surface area contributed by atoms with Gasteiger partial charge >= 0.3 is 13.2 Å². The molecular formula is C20H29BFNO5. The molecule has 0 radical (unpaired) electrons. The van der Waals surface area contributed by atoms with Crippen LogP contribution in [0.2, 0.25) is 0 Å². The maximum atomic E-state index is 14.4. The fourth-order valence-electron chi connectivity index (χ4n) is 2.53. The molecule has 1 aliphatic rings. The first-order valence-corrected chi connectivity index (χ1v) is 9.20. The van der Waals surface area contributed by atoms with Crippen molar-refractivity contribution in [1.29, 1.82) is 0 Å². The predicted molar refractivity (Wildman–Crippen MR) is 107 cm³/mol. The van der Waals surface area contributed by atoms with Crippen molar-refractivity contribution in [2.24, 2.45) is 0 Å². The third-order valence-corrected chi connectivity index (χ3v) is 4.72. The normalized spacial score (nSPS) is 18.9. The summed E-state index contributed by atoms with van der Waals surface area (Å²) in [5, 5.41) is 12.1. The van der Waals surface area contributed by atoms with Gasteiger partial charge in [0.25, 0.3) is 0 Å². The number of hydrogen-bond acceptors (Lipinski definition) is 5. The second kappa shape index (κ2) is 7.85. The zero-order valence-corrected chi connectivity index (χ0v) is 17.6. The molecule has 8 heteroatoms. The monoisotopic (exact) mass is 393 g/mol. The molecule has 0 aliphatic carbocycles. The molecule has 1 fully saturated rings. The van der Waals surface area contributed by atoms with Crippen molar-refractivity contribution in [1.82, 2.24) is 0 Å². The van der Waals surface area contributed by atoms with Crippen molar-refractivity contribution in [2.75, 3.05) is 11.9 Å². The number of ether oxygens (including phenoxy) is 1. The molecule has 0 saturated carbocycles. The number of hydrogen-bond donors (Lipinski definition) is 2. The van der Waals surface area contributed by atoms with Crippen LogP contribution in [-0.2, 0) is 14.0 Å². The molecular weight excluding hydrogens is 364 g/mol. The summed E-state index contributed by atoms with van der Waals surface area (Å²) < 4.78 is 31.4. The molecule has 1 heterocycles. The van der Waals surface area contributed by atoms with Gasteiger partial charge in [-0.15, -0.1) is 0 Å². The lowest BCUT2D eigenvalue weighted by atomic mass is 9.77. The van der Waals surface area contributed by atoms with Gasteiger partial charge < -0.3 is 19.2 Å². The molecule has 1 amide bonds. The van der Waals surface area contributed by atoms with E-state index >= 15 is 0 Å². The molecule has 154 valence electrons. The first kappa shape index (κ1) is 22.4. The number of carbonyl (C=O) groups excluding carboxylic acids is 1. The van der Waals surface area contributed by atoms with E-state index in [4.69, 9.17) is 14.0 Å². The SMILES string of the molecule is CC(C)(C)OC(=O)Nc1ccc(C=C(CO)B2OC(C)(C)C(C)(C)O2)cc1F. The van der Waals surface area contributed by atoms with Crippen LogP contribution in [0.4, 0.5) is 14.9 Å². The second-order valence-electron chi connectivity index (χ2n) is 8.83. The van der Waals surface area contributed by atoms with Crippen molar-refractivity contribution >= 4 is 25.0 Å². The van der Waals surface area contributed by atoms with Gasteiger partial charge in [0, 0.05) is 0 Å². The number of anilines is 1. The van der Waals surface area contributed by atoms with E-state index in [9.17, 15) is 14.3 Å². The Kier molecular flexibility index (Phi) is 6.28. The molecule has 28 heavy (non-hydrogen) atoms. The molecule has 1 aromatic rings. The van der Waals surface area contributed by atoms with E-state index in [-0.39, 0.29) is 12.3 Å². The van der Waals surface area contributed by atoms with Crippen LogP contribution in [0.15, 0.2) is 23.7 Å². The molecule has 0 atom stereocenters. The summed E-state index contributed by atoms with van der Waals surface area (Å²) in [4.78, 5) is 11.8. The van der Waals surface area contributed by atoms with Crippen molar-refractivity contribution in [3.05, 3.63) is 35.1 Å². The van der Waals surface area contributed by atoms with Gasteiger partial charge in [0.2, 0.25) is 0 Å². The third kappa shape index (κ3) is 5.34. The average Bonchev–Trinajstić information content (AvgIpc) is 2.73. The lowest BCUT2D eigenvalue weighted by Gasteiger charge is -2.32. The largest absolute Gasteiger partial charge is 0.492 e. The minimum absolute atomic E-state index is 0.00702. The van der Waals surface area contributed by atoms with E-state index < -0.39 is 35.8 Å². The van der Waals surface area contributed by atoms with Gasteiger partial charge in [-0.1, -0.05) is 12.1 Å². The molecule has 1 aromatic carbocycles. The van der Waals surface area contributed by atoms with Crippen molar-refractivity contribution in [3.8, 4) is 0 Å². The molecule has 2 rings (SSSR count). The Morgan fingerprint density at radius 2 is 1.82 bits per heavy atom. The van der Waals surface area contributed by atoms with Crippen LogP contribution in [0.3, 0.4) is 0 Å². The Balaban J connectivity index is 2.17. The average molecular weight is 393 g/mol. The third-order valence-electron chi connectivity index (χ3n) is 4.72. The second-order valence-corrected chi connectivity index (χ2v) is 8.83. The van der Waals surface area contributed by atoms with Gasteiger partial charge in [-0.2, -0.15) is 0 Å². The number of aliphatic hydroxyl groups excluding tert-OH is 1. The van der Waals surface area contributed by atoms with Gasteiger partial charge in [0.15, 0.2) is 0 Å². The summed E-state index contributed by atoms with van der Waals surface area (Å²) in [6.07, 6.45) is 0.880. The molecule has 0 aromatic heterocycles. The van der Waals surface area contributed by atoms with Gasteiger partial charge in [0.1, 0.15) is 11.4 Å². The Hall–Kier alpha value is -1.90. The lowest BCUT2D eigenvalue weighted by Crippen LogP contribution is -2.41. The fraction of sp³-hybridized carbons (Fsp3) is 0.550. The van der Waals surface area contributed by atoms with Crippen molar-refractivity contribution < 1.29 is 28.3 Å². The number of aliphatic hydroxyl groups is 1. The van der Waals surface area contributed by atoms with Gasteiger partial charge in [-0.25, -0.2) is 9.18 Å². The van der Waals surface area contributed by atoms with Crippen LogP contribution in [0.5, 0.6) is 0 Å². The summed E-state index contributed by atoms with van der Waals surface area (Å²) in [6, 6.07) is 4.31. The Labute approximate surface area is 166 Å². The number of benzene rings is 1. The summed E-state index contributed by atoms with van der Waals surface area (Å²) in [5.41, 5.74) is -0.775. The molecule has 0 spiro atoms. The minimum Gasteiger partial charge on any atom is -0.444 e. The topological polar surface area (TPSA) is 77.0 Å². The summed E-state index contributed by atoms with van der Waals surface area (Å²) in [6.45, 7) is 12.5. The summed E-state index contributed by atoms with van der Waals surface area (Å²) in [7, 11) is -0.724. The zero-order valence-electron chi connectivity index (χ0n) is 17.6. The highest BCUT2D eigenvalue weighted by atomic mass is 19.1. The van der Waals surface area contributed by atoms with Gasteiger partial charge in [0.05, 0.1) is 23.5 Å². The molecule has 6 nitrogen and oxygen atoms in total. The standard InChI is InChI=1S/C20H29BFNO5/c1-18(2,3)26-17(25)23-16-9-8-13(11-15(16)22)10-14(12-24)21-27-19(4,5)20(6,7)28-21/h8-11,24H,12H2,1-7H3,(H,23,25). The Morgan fingerprint density at radius 3 is 2.29 bits per heavy atom. The number of carbonyl (C=O) groups is 1. The zero-order chi connectivity index (χ0) is 21.3. The van der Waals surface area contributed by atoms with E-state index in [0.717, 1.165) is 0 Å². The first-order chi connectivity index (χ1) is 12.7. The van der Waals surface area contributed by atoms with E-state index in [1.807, 2.05) is 27.7 Å². The summed E-state index contributed by atoms with van der Waals surface area (Å²) >= 11 is 0. The van der Waals surface area contributed by atoms with Crippen LogP contribution < -0.4 is 5.32 Å².